The van der Waals surface area contributed by atoms with Gasteiger partial charge in [0.15, 0.2) is 5.03 Å². The lowest BCUT2D eigenvalue weighted by Gasteiger charge is -2.26. The Morgan fingerprint density at radius 1 is 1.00 bits per heavy atom. The maximum Gasteiger partial charge on any atom is 0.473 e. The molecule has 0 N–H and O–H groups in total. The Labute approximate surface area is 102 Å². The predicted molar refractivity (Wildman–Crippen MR) is 58.4 cm³/mol. The van der Waals surface area contributed by atoms with Crippen LogP contribution < -0.4 is 0 Å². The lowest BCUT2D eigenvalue weighted by molar-refractivity contribution is -0.762. The van der Waals surface area contributed by atoms with Crippen molar-refractivity contribution >= 4 is 0 Å². The molecule has 0 atom stereocenters. The maximum absolute atomic E-state index is 10.9. The van der Waals surface area contributed by atoms with Crippen molar-refractivity contribution in [2.24, 2.45) is 0 Å². The molecule has 1 fully saturated rings. The fourth-order valence-electron chi connectivity index (χ4n) is 2.11. The van der Waals surface area contributed by atoms with Crippen LogP contribution in [0.3, 0.4) is 0 Å². The van der Waals surface area contributed by atoms with Crippen molar-refractivity contribution in [1.82, 2.24) is 5.01 Å². The molecule has 0 radical (unpaired) electrons. The third-order valence-corrected chi connectivity index (χ3v) is 3.04. The molecule has 10 heteroatoms. The third kappa shape index (κ3) is 3.50. The van der Waals surface area contributed by atoms with Gasteiger partial charge in [-0.2, -0.15) is 0 Å². The van der Waals surface area contributed by atoms with Gasteiger partial charge in [0.25, 0.3) is 0 Å². The Hall–Kier alpha value is -2.00. The molecule has 1 rings (SSSR count). The lowest BCUT2D eigenvalue weighted by atomic mass is 9.95. The Morgan fingerprint density at radius 2 is 1.50 bits per heavy atom. The molecule has 1 aliphatic rings. The summed E-state index contributed by atoms with van der Waals surface area (Å²) in [5.41, 5.74) is 0. The van der Waals surface area contributed by atoms with Crippen LogP contribution in [-0.2, 0) is 0 Å². The van der Waals surface area contributed by atoms with Crippen LogP contribution in [0.15, 0.2) is 0 Å². The fraction of sp³-hybridized carbons (Fsp3) is 1.00. The average Bonchev–Trinajstić information content (AvgIpc) is 2.29. The standard InChI is InChI=1S/C8H14N4O6/c13-10(14)8(11(15)16)6-9(12(17)18)7-4-2-1-3-5-7/h7-8H,1-6H2. The zero-order valence-electron chi connectivity index (χ0n) is 9.64. The molecule has 1 aliphatic carbocycles. The molecule has 0 aliphatic heterocycles. The molecule has 0 bridgehead atoms. The highest BCUT2D eigenvalue weighted by Gasteiger charge is 2.41. The first-order chi connectivity index (χ1) is 8.43. The van der Waals surface area contributed by atoms with Crippen LogP contribution in [0.2, 0.25) is 0 Å². The van der Waals surface area contributed by atoms with E-state index in [9.17, 15) is 30.3 Å². The normalized spacial score (nSPS) is 16.5. The van der Waals surface area contributed by atoms with E-state index in [1.807, 2.05) is 0 Å². The van der Waals surface area contributed by atoms with Gasteiger partial charge in [-0.15, -0.1) is 5.01 Å². The van der Waals surface area contributed by atoms with Crippen molar-refractivity contribution in [2.75, 3.05) is 6.54 Å². The Balaban J connectivity index is 2.75. The number of rotatable bonds is 6. The SMILES string of the molecule is O=[N+]([O-])C(CN(C1CCCCC1)[N+](=O)[O-])[N+](=O)[O-]. The fourth-order valence-corrected chi connectivity index (χ4v) is 2.11. The molecule has 0 spiro atoms. The highest BCUT2D eigenvalue weighted by molar-refractivity contribution is 4.71. The van der Waals surface area contributed by atoms with Gasteiger partial charge in [0, 0.05) is 0 Å². The molecule has 0 unspecified atom stereocenters. The van der Waals surface area contributed by atoms with Gasteiger partial charge in [-0.25, -0.2) is 10.1 Å². The molecule has 1 saturated carbocycles. The van der Waals surface area contributed by atoms with Gasteiger partial charge in [-0.1, -0.05) is 19.3 Å². The number of nitrogens with zero attached hydrogens (tertiary/aromatic N) is 4. The third-order valence-electron chi connectivity index (χ3n) is 3.04. The summed E-state index contributed by atoms with van der Waals surface area (Å²) in [7, 11) is 0. The van der Waals surface area contributed by atoms with E-state index in [2.05, 4.69) is 0 Å². The number of hydrogen-bond donors (Lipinski definition) is 0. The minimum atomic E-state index is -2.16. The van der Waals surface area contributed by atoms with E-state index in [1.165, 1.54) is 0 Å². The summed E-state index contributed by atoms with van der Waals surface area (Å²) in [6, 6.07) is -0.448. The van der Waals surface area contributed by atoms with E-state index in [-0.39, 0.29) is 0 Å². The first-order valence-electron chi connectivity index (χ1n) is 5.61. The van der Waals surface area contributed by atoms with Gasteiger partial charge >= 0.3 is 6.17 Å². The van der Waals surface area contributed by atoms with E-state index < -0.39 is 33.6 Å². The van der Waals surface area contributed by atoms with Crippen molar-refractivity contribution in [3.63, 3.8) is 0 Å². The molecule has 18 heavy (non-hydrogen) atoms. The van der Waals surface area contributed by atoms with Crippen LogP contribution in [0, 0.1) is 30.3 Å². The predicted octanol–water partition coefficient (Wildman–Crippen LogP) is 0.692. The zero-order chi connectivity index (χ0) is 13.7. The second-order valence-electron chi connectivity index (χ2n) is 4.20. The van der Waals surface area contributed by atoms with E-state index in [0.717, 1.165) is 19.3 Å². The van der Waals surface area contributed by atoms with E-state index >= 15 is 0 Å². The van der Waals surface area contributed by atoms with Crippen LogP contribution in [0.4, 0.5) is 0 Å². The van der Waals surface area contributed by atoms with Crippen molar-refractivity contribution in [1.29, 1.82) is 0 Å². The molecule has 10 nitrogen and oxygen atoms in total. The quantitative estimate of drug-likeness (QED) is 0.390. The Morgan fingerprint density at radius 3 is 1.89 bits per heavy atom. The van der Waals surface area contributed by atoms with Crippen LogP contribution in [0.1, 0.15) is 32.1 Å². The number of nitro groups is 3. The van der Waals surface area contributed by atoms with Crippen molar-refractivity contribution in [3.05, 3.63) is 30.3 Å². The van der Waals surface area contributed by atoms with Gasteiger partial charge in [0.2, 0.25) is 6.54 Å². The molecule has 0 aromatic rings. The highest BCUT2D eigenvalue weighted by atomic mass is 16.7. The molecular weight excluding hydrogens is 248 g/mol. The van der Waals surface area contributed by atoms with Crippen LogP contribution >= 0.6 is 0 Å². The summed E-state index contributed by atoms with van der Waals surface area (Å²) in [6.07, 6.45) is 1.51. The van der Waals surface area contributed by atoms with Gasteiger partial charge in [0.05, 0.1) is 15.9 Å². The number of hydrazine groups is 1. The summed E-state index contributed by atoms with van der Waals surface area (Å²) >= 11 is 0. The maximum atomic E-state index is 10.9. The van der Waals surface area contributed by atoms with Crippen molar-refractivity contribution < 1.29 is 14.9 Å². The van der Waals surface area contributed by atoms with Crippen LogP contribution in [-0.4, -0.2) is 38.6 Å². The largest absolute Gasteiger partial charge is 0.473 e. The summed E-state index contributed by atoms with van der Waals surface area (Å²) < 4.78 is 0. The summed E-state index contributed by atoms with van der Waals surface area (Å²) in [5, 5.41) is 31.7. The molecule has 0 heterocycles. The monoisotopic (exact) mass is 262 g/mol. The number of hydrogen-bond acceptors (Lipinski definition) is 6. The minimum Gasteiger partial charge on any atom is -0.258 e. The molecule has 102 valence electrons. The van der Waals surface area contributed by atoms with E-state index in [1.54, 1.807) is 0 Å². The van der Waals surface area contributed by atoms with Crippen molar-refractivity contribution in [3.8, 4) is 0 Å². The second-order valence-corrected chi connectivity index (χ2v) is 4.20. The highest BCUT2D eigenvalue weighted by Crippen LogP contribution is 2.22. The lowest BCUT2D eigenvalue weighted by Crippen LogP contribution is -2.49. The van der Waals surface area contributed by atoms with Gasteiger partial charge in [-0.3, -0.25) is 20.2 Å². The molecular formula is C8H14N4O6. The zero-order valence-corrected chi connectivity index (χ0v) is 9.64. The Bertz CT molecular complexity index is 328. The van der Waals surface area contributed by atoms with E-state index in [0.29, 0.717) is 17.9 Å². The molecule has 0 amide bonds. The molecule has 0 saturated heterocycles. The Kier molecular flexibility index (Phi) is 4.75. The first kappa shape index (κ1) is 14.1. The van der Waals surface area contributed by atoms with E-state index in [4.69, 9.17) is 0 Å². The second kappa shape index (κ2) is 6.07. The van der Waals surface area contributed by atoms with Crippen LogP contribution in [0.25, 0.3) is 0 Å². The molecule has 0 aromatic heterocycles. The first-order valence-corrected chi connectivity index (χ1v) is 5.61. The minimum absolute atomic E-state index is 0.448. The van der Waals surface area contributed by atoms with Crippen LogP contribution in [0.5, 0.6) is 0 Å². The smallest absolute Gasteiger partial charge is 0.258 e. The van der Waals surface area contributed by atoms with Gasteiger partial charge in [0.1, 0.15) is 0 Å². The van der Waals surface area contributed by atoms with Gasteiger partial charge in [-0.05, 0) is 12.8 Å². The summed E-state index contributed by atoms with van der Waals surface area (Å²) in [5.74, 6) is 0. The summed E-state index contributed by atoms with van der Waals surface area (Å²) in [6.45, 7) is -0.794. The molecule has 0 aromatic carbocycles. The van der Waals surface area contributed by atoms with Gasteiger partial charge < -0.3 is 0 Å². The average molecular weight is 262 g/mol. The topological polar surface area (TPSA) is 133 Å². The summed E-state index contributed by atoms with van der Waals surface area (Å²) in [4.78, 5) is 29.7. The van der Waals surface area contributed by atoms with Crippen molar-refractivity contribution in [2.45, 2.75) is 44.3 Å².